The molecule has 8 heteroatoms. The van der Waals surface area contributed by atoms with Crippen LogP contribution in [0.1, 0.15) is 6.42 Å². The number of nitrogens with one attached hydrogen (secondary N) is 1. The summed E-state index contributed by atoms with van der Waals surface area (Å²) in [6.07, 6.45) is 0.407. The van der Waals surface area contributed by atoms with Gasteiger partial charge in [-0.3, -0.25) is 4.79 Å². The Balaban J connectivity index is 1.54. The molecule has 2 aliphatic heterocycles. The quantitative estimate of drug-likeness (QED) is 0.655. The van der Waals surface area contributed by atoms with Gasteiger partial charge in [0, 0.05) is 61.1 Å². The molecule has 7 nitrogen and oxygen atoms in total. The van der Waals surface area contributed by atoms with Crippen LogP contribution in [0, 0.1) is 0 Å². The zero-order chi connectivity index (χ0) is 21.5. The van der Waals surface area contributed by atoms with Crippen LogP contribution in [-0.4, -0.2) is 75.3 Å². The van der Waals surface area contributed by atoms with Gasteiger partial charge in [-0.25, -0.2) is 8.51 Å². The molecule has 162 valence electrons. The Morgan fingerprint density at radius 3 is 2.68 bits per heavy atom. The van der Waals surface area contributed by atoms with E-state index in [4.69, 9.17) is 0 Å². The van der Waals surface area contributed by atoms with Crippen LogP contribution in [-0.2, 0) is 15.8 Å². The van der Waals surface area contributed by atoms with Gasteiger partial charge in [-0.05, 0) is 36.8 Å². The van der Waals surface area contributed by atoms with E-state index >= 15 is 0 Å². The molecule has 1 aromatic heterocycles. The number of carbonyl (C=O) groups is 1. The summed E-state index contributed by atoms with van der Waals surface area (Å²) in [7, 11) is 0.354. The van der Waals surface area contributed by atoms with Crippen molar-refractivity contribution in [1.29, 1.82) is 0 Å². The topological polar surface area (TPSA) is 79.9 Å². The first-order valence-corrected chi connectivity index (χ1v) is 11.7. The lowest BCUT2D eigenvalue weighted by molar-refractivity contribution is -0.132. The van der Waals surface area contributed by atoms with E-state index in [1.54, 1.807) is 16.3 Å². The van der Waals surface area contributed by atoms with E-state index in [2.05, 4.69) is 22.0 Å². The largest absolute Gasteiger partial charge is 0.391 e. The third kappa shape index (κ3) is 3.86. The van der Waals surface area contributed by atoms with Gasteiger partial charge in [-0.1, -0.05) is 18.2 Å². The zero-order valence-corrected chi connectivity index (χ0v) is 18.3. The molecule has 2 fully saturated rings. The summed E-state index contributed by atoms with van der Waals surface area (Å²) in [4.78, 5) is 20.1. The van der Waals surface area contributed by atoms with Gasteiger partial charge in [0.2, 0.25) is 5.91 Å². The van der Waals surface area contributed by atoms with Crippen LogP contribution in [0.2, 0.25) is 0 Å². The fourth-order valence-corrected chi connectivity index (χ4v) is 5.50. The number of para-hydroxylation sites is 1. The van der Waals surface area contributed by atoms with E-state index < -0.39 is 11.0 Å². The molecule has 0 aliphatic carbocycles. The number of amides is 1. The van der Waals surface area contributed by atoms with E-state index in [1.807, 2.05) is 36.4 Å². The average Bonchev–Trinajstić information content (AvgIpc) is 3.41. The van der Waals surface area contributed by atoms with Crippen molar-refractivity contribution in [2.75, 3.05) is 44.7 Å². The maximum Gasteiger partial charge on any atom is 0.237 e. The maximum atomic E-state index is 13.3. The van der Waals surface area contributed by atoms with Crippen molar-refractivity contribution in [3.63, 3.8) is 0 Å². The van der Waals surface area contributed by atoms with E-state index in [-0.39, 0.29) is 18.6 Å². The Morgan fingerprint density at radius 2 is 1.94 bits per heavy atom. The molecular formula is C23H26N4O3S. The molecule has 2 aromatic carbocycles. The fourth-order valence-electron chi connectivity index (χ4n) is 4.32. The number of hydrogen-bond donors (Lipinski definition) is 2. The van der Waals surface area contributed by atoms with E-state index in [0.717, 1.165) is 40.8 Å². The fraction of sp³-hybridized carbons (Fsp3) is 0.348. The van der Waals surface area contributed by atoms with Crippen molar-refractivity contribution in [1.82, 2.24) is 14.2 Å². The van der Waals surface area contributed by atoms with Crippen molar-refractivity contribution in [2.45, 2.75) is 17.4 Å². The highest BCUT2D eigenvalue weighted by Crippen LogP contribution is 2.36. The van der Waals surface area contributed by atoms with Gasteiger partial charge < -0.3 is 19.9 Å². The predicted molar refractivity (Wildman–Crippen MR) is 122 cm³/mol. The highest BCUT2D eigenvalue weighted by molar-refractivity contribution is 7.82. The van der Waals surface area contributed by atoms with Crippen LogP contribution in [0.15, 0.2) is 53.4 Å². The van der Waals surface area contributed by atoms with Crippen LogP contribution in [0.3, 0.4) is 0 Å². The van der Waals surface area contributed by atoms with Gasteiger partial charge in [0.15, 0.2) is 0 Å². The number of likely N-dealkylation sites (N-methyl/N-ethyl adjacent to an activating group) is 1. The Kier molecular flexibility index (Phi) is 5.29. The summed E-state index contributed by atoms with van der Waals surface area (Å²) >= 11 is 0. The molecule has 2 N–H and O–H groups in total. The van der Waals surface area contributed by atoms with Gasteiger partial charge in [0.25, 0.3) is 0 Å². The molecule has 2 atom stereocenters. The molecule has 5 rings (SSSR count). The van der Waals surface area contributed by atoms with Crippen LogP contribution in [0.25, 0.3) is 22.2 Å². The molecule has 3 aromatic rings. The number of carbonyl (C=O) groups excluding carboxylic acids is 1. The number of aliphatic hydroxyl groups excluding tert-OH is 1. The zero-order valence-electron chi connectivity index (χ0n) is 17.5. The predicted octanol–water partition coefficient (Wildman–Crippen LogP) is 2.20. The monoisotopic (exact) mass is 438 g/mol. The molecule has 2 unspecified atom stereocenters. The summed E-state index contributed by atoms with van der Waals surface area (Å²) in [5.41, 5.74) is 3.96. The van der Waals surface area contributed by atoms with Crippen LogP contribution >= 0.6 is 0 Å². The Hall–Kier alpha value is -2.68. The summed E-state index contributed by atoms with van der Waals surface area (Å²) in [5, 5.41) is 11.2. The van der Waals surface area contributed by atoms with Crippen molar-refractivity contribution < 1.29 is 14.1 Å². The lowest BCUT2D eigenvalue weighted by atomic mass is 10.1. The Morgan fingerprint density at radius 1 is 1.10 bits per heavy atom. The number of aromatic amines is 1. The number of nitrogens with zero attached hydrogens (tertiary/aromatic N) is 3. The average molecular weight is 439 g/mol. The molecule has 0 saturated carbocycles. The van der Waals surface area contributed by atoms with Crippen molar-refractivity contribution in [2.24, 2.45) is 0 Å². The molecular weight excluding hydrogens is 412 g/mol. The second-order valence-corrected chi connectivity index (χ2v) is 9.75. The van der Waals surface area contributed by atoms with Crippen molar-refractivity contribution in [3.05, 3.63) is 48.5 Å². The minimum absolute atomic E-state index is 0.0156. The normalized spacial score (nSPS) is 21.2. The summed E-state index contributed by atoms with van der Waals surface area (Å²) < 4.78 is 15.0. The summed E-state index contributed by atoms with van der Waals surface area (Å²) in [6.45, 7) is 2.68. The van der Waals surface area contributed by atoms with E-state index in [9.17, 15) is 14.1 Å². The van der Waals surface area contributed by atoms with Crippen LogP contribution < -0.4 is 4.90 Å². The molecule has 1 amide bonds. The molecule has 2 saturated heterocycles. The van der Waals surface area contributed by atoms with Crippen molar-refractivity contribution >= 4 is 33.5 Å². The van der Waals surface area contributed by atoms with E-state index in [0.29, 0.717) is 24.5 Å². The Labute approximate surface area is 183 Å². The number of piperazine rings is 1. The smallest absolute Gasteiger partial charge is 0.237 e. The second-order valence-electron chi connectivity index (χ2n) is 8.27. The molecule has 0 radical (unpaired) electrons. The molecule has 31 heavy (non-hydrogen) atoms. The highest BCUT2D eigenvalue weighted by Gasteiger charge is 2.28. The first kappa shape index (κ1) is 20.2. The van der Waals surface area contributed by atoms with Crippen LogP contribution in [0.4, 0.5) is 5.69 Å². The summed E-state index contributed by atoms with van der Waals surface area (Å²) in [5.74, 6) is -0.0156. The lowest BCUT2D eigenvalue weighted by Gasteiger charge is -2.31. The van der Waals surface area contributed by atoms with E-state index in [1.165, 1.54) is 0 Å². The number of fused-ring (bicyclic) bond motifs is 1. The number of aromatic nitrogens is 1. The van der Waals surface area contributed by atoms with Crippen LogP contribution in [0.5, 0.6) is 0 Å². The third-order valence-corrected chi connectivity index (χ3v) is 7.59. The number of hydrogen-bond acceptors (Lipinski definition) is 4. The third-order valence-electron chi connectivity index (χ3n) is 6.15. The second kappa shape index (κ2) is 8.11. The Bertz CT molecular complexity index is 1130. The van der Waals surface area contributed by atoms with Gasteiger partial charge in [-0.15, -0.1) is 0 Å². The molecule has 0 bridgehead atoms. The molecule has 0 spiro atoms. The SMILES string of the molecule is CN1CCN(S(=O)c2ccc(N3CCC(O)C3)c(-c3cc4ccccc4[nH]3)c2)CC1=O. The standard InChI is InChI=1S/C23H26N4O3S/c1-25-10-11-27(15-23(25)29)31(30)18-6-7-22(26-9-8-17(28)14-26)19(13-18)21-12-16-4-2-3-5-20(16)24-21/h2-7,12-13,17,24,28H,8-11,14-15H2,1H3. The highest BCUT2D eigenvalue weighted by atomic mass is 32.2. The first-order valence-electron chi connectivity index (χ1n) is 10.6. The summed E-state index contributed by atoms with van der Waals surface area (Å²) in [6, 6.07) is 16.0. The minimum atomic E-state index is -1.42. The number of aliphatic hydroxyl groups is 1. The van der Waals surface area contributed by atoms with Gasteiger partial charge in [-0.2, -0.15) is 0 Å². The number of β-amino-alcohol motifs (C(OH)–C–C–N with tert-alkyl or cyclic N) is 1. The maximum absolute atomic E-state index is 13.3. The number of H-pyrrole nitrogens is 1. The molecule has 2 aliphatic rings. The number of benzene rings is 2. The van der Waals surface area contributed by atoms with Crippen molar-refractivity contribution in [3.8, 4) is 11.3 Å². The minimum Gasteiger partial charge on any atom is -0.391 e. The first-order chi connectivity index (χ1) is 15.0. The number of rotatable bonds is 4. The van der Waals surface area contributed by atoms with Gasteiger partial charge in [0.05, 0.1) is 17.5 Å². The van der Waals surface area contributed by atoms with Gasteiger partial charge in [0.1, 0.15) is 11.0 Å². The lowest BCUT2D eigenvalue weighted by Crippen LogP contribution is -2.48. The molecule has 3 heterocycles. The number of anilines is 1. The van der Waals surface area contributed by atoms with Gasteiger partial charge >= 0.3 is 0 Å².